The van der Waals surface area contributed by atoms with Crippen molar-refractivity contribution in [3.05, 3.63) is 26.6 Å². The van der Waals surface area contributed by atoms with Gasteiger partial charge in [-0.05, 0) is 29.8 Å². The number of carbonyl (C=O) groups is 2. The third-order valence-corrected chi connectivity index (χ3v) is 6.44. The molecule has 0 unspecified atom stereocenters. The molecule has 1 atom stereocenters. The van der Waals surface area contributed by atoms with E-state index < -0.39 is 18.1 Å². The lowest BCUT2D eigenvalue weighted by Crippen LogP contribution is -2.34. The van der Waals surface area contributed by atoms with Crippen LogP contribution in [-0.2, 0) is 16.1 Å². The number of thiophene rings is 1. The van der Waals surface area contributed by atoms with Crippen LogP contribution in [-0.4, -0.2) is 43.9 Å². The van der Waals surface area contributed by atoms with E-state index in [2.05, 4.69) is 26.1 Å². The number of hydrogen-bond acceptors (Lipinski definition) is 6. The summed E-state index contributed by atoms with van der Waals surface area (Å²) in [7, 11) is 1.27. The highest BCUT2D eigenvalue weighted by molar-refractivity contribution is 9.10. The highest BCUT2D eigenvalue weighted by atomic mass is 79.9. The zero-order chi connectivity index (χ0) is 17.6. The van der Waals surface area contributed by atoms with Crippen LogP contribution in [0.4, 0.5) is 4.79 Å². The number of hydrogen-bond donors (Lipinski definition) is 1. The van der Waals surface area contributed by atoms with Crippen molar-refractivity contribution in [1.82, 2.24) is 19.7 Å². The van der Waals surface area contributed by atoms with Gasteiger partial charge in [-0.15, -0.1) is 21.5 Å². The van der Waals surface area contributed by atoms with Crippen LogP contribution >= 0.6 is 27.3 Å². The summed E-state index contributed by atoms with van der Waals surface area (Å²) in [4.78, 5) is 25.9. The maximum absolute atomic E-state index is 11.8. The fourth-order valence-electron chi connectivity index (χ4n) is 2.78. The van der Waals surface area contributed by atoms with Crippen LogP contribution in [0.1, 0.15) is 34.6 Å². The number of carboxylic acid groups (broad SMARTS) is 1. The van der Waals surface area contributed by atoms with Crippen molar-refractivity contribution in [2.24, 2.45) is 0 Å². The molecular formula is C14H15BrN4O4S. The first-order valence-corrected chi connectivity index (χ1v) is 8.72. The molecule has 0 spiro atoms. The van der Waals surface area contributed by atoms with Crippen LogP contribution in [0.2, 0.25) is 0 Å². The van der Waals surface area contributed by atoms with Gasteiger partial charge in [0.25, 0.3) is 0 Å². The second kappa shape index (κ2) is 6.17. The van der Waals surface area contributed by atoms with E-state index in [1.54, 1.807) is 6.92 Å². The van der Waals surface area contributed by atoms with Crippen LogP contribution in [0.3, 0.4) is 0 Å². The molecule has 128 valence electrons. The number of rotatable bonds is 2. The molecule has 0 aromatic carbocycles. The monoisotopic (exact) mass is 414 g/mol. The molecule has 8 nitrogen and oxygen atoms in total. The summed E-state index contributed by atoms with van der Waals surface area (Å²) in [5.41, 5.74) is 0.844. The highest BCUT2D eigenvalue weighted by Crippen LogP contribution is 2.42. The molecule has 2 aromatic heterocycles. The molecule has 0 radical (unpaired) electrons. The molecule has 0 bridgehead atoms. The Hall–Kier alpha value is -1.94. The Morgan fingerprint density at radius 1 is 1.42 bits per heavy atom. The molecular weight excluding hydrogens is 400 g/mol. The van der Waals surface area contributed by atoms with E-state index >= 15 is 0 Å². The maximum Gasteiger partial charge on any atom is 0.408 e. The van der Waals surface area contributed by atoms with E-state index in [0.29, 0.717) is 11.6 Å². The van der Waals surface area contributed by atoms with Crippen LogP contribution in [0.5, 0.6) is 0 Å². The molecule has 24 heavy (non-hydrogen) atoms. The zero-order valence-electron chi connectivity index (χ0n) is 13.2. The maximum atomic E-state index is 11.8. The lowest BCUT2D eigenvalue weighted by Gasteiger charge is -2.25. The molecule has 3 rings (SSSR count). The van der Waals surface area contributed by atoms with E-state index in [1.807, 2.05) is 11.5 Å². The minimum Gasteiger partial charge on any atom is -0.469 e. The number of ether oxygens (including phenoxy) is 1. The summed E-state index contributed by atoms with van der Waals surface area (Å²) in [5.74, 6) is 0.564. The average molecular weight is 415 g/mol. The topological polar surface area (TPSA) is 97.5 Å². The first-order chi connectivity index (χ1) is 11.3. The zero-order valence-corrected chi connectivity index (χ0v) is 15.6. The summed E-state index contributed by atoms with van der Waals surface area (Å²) in [6.07, 6.45) is -1.24. The average Bonchev–Trinajstić information content (AvgIpc) is 2.99. The third kappa shape index (κ3) is 2.59. The molecule has 10 heteroatoms. The SMILES string of the molecule is COC(=O)C[C@H]1c2nnc(C)n2-c2sc(C)c(Br)c2CN1C(=O)O. The van der Waals surface area contributed by atoms with Gasteiger partial charge in [0.1, 0.15) is 16.9 Å². The molecule has 0 aliphatic carbocycles. The molecule has 1 N–H and O–H groups in total. The first-order valence-electron chi connectivity index (χ1n) is 7.11. The van der Waals surface area contributed by atoms with Gasteiger partial charge in [0.15, 0.2) is 5.82 Å². The second-order valence-corrected chi connectivity index (χ2v) is 7.40. The third-order valence-electron chi connectivity index (χ3n) is 3.97. The van der Waals surface area contributed by atoms with E-state index in [4.69, 9.17) is 4.74 Å². The summed E-state index contributed by atoms with van der Waals surface area (Å²) in [5, 5.41) is 18.8. The molecule has 2 aromatic rings. The first kappa shape index (κ1) is 16.9. The lowest BCUT2D eigenvalue weighted by molar-refractivity contribution is -0.142. The normalized spacial score (nSPS) is 16.3. The number of halogens is 1. The number of carbonyl (C=O) groups excluding carboxylic acids is 1. The van der Waals surface area contributed by atoms with Crippen molar-refractivity contribution in [1.29, 1.82) is 0 Å². The Labute approximate surface area is 150 Å². The van der Waals surface area contributed by atoms with Crippen molar-refractivity contribution in [2.45, 2.75) is 32.9 Å². The van der Waals surface area contributed by atoms with E-state index in [1.165, 1.54) is 23.3 Å². The number of amides is 1. The number of esters is 1. The Balaban J connectivity index is 2.23. The van der Waals surface area contributed by atoms with Crippen LogP contribution in [0.25, 0.3) is 5.00 Å². The van der Waals surface area contributed by atoms with Crippen molar-refractivity contribution < 1.29 is 19.4 Å². The summed E-state index contributed by atoms with van der Waals surface area (Å²) in [6.45, 7) is 3.91. The Bertz CT molecular complexity index is 831. The number of aryl methyl sites for hydroxylation is 2. The Morgan fingerprint density at radius 3 is 2.75 bits per heavy atom. The predicted octanol–water partition coefficient (Wildman–Crippen LogP) is 2.81. The Kier molecular flexibility index (Phi) is 4.35. The lowest BCUT2D eigenvalue weighted by atomic mass is 10.1. The van der Waals surface area contributed by atoms with Gasteiger partial charge in [-0.1, -0.05) is 0 Å². The molecule has 3 heterocycles. The van der Waals surface area contributed by atoms with Gasteiger partial charge in [0.05, 0.1) is 20.1 Å². The van der Waals surface area contributed by atoms with Gasteiger partial charge in [0, 0.05) is 14.9 Å². The van der Waals surface area contributed by atoms with Crippen LogP contribution in [0.15, 0.2) is 4.47 Å². The van der Waals surface area contributed by atoms with Crippen molar-refractivity contribution in [3.8, 4) is 5.00 Å². The Morgan fingerprint density at radius 2 is 2.12 bits per heavy atom. The van der Waals surface area contributed by atoms with E-state index in [0.717, 1.165) is 19.9 Å². The molecule has 0 saturated heterocycles. The standard InChI is InChI=1S/C14H15BrN4O4S/c1-6-11(15)8-5-18(14(21)22)9(4-10(20)23-3)12-17-16-7(2)19(12)13(8)24-6/h9H,4-5H2,1-3H3,(H,21,22)/t9-/m0/s1. The largest absolute Gasteiger partial charge is 0.469 e. The van der Waals surface area contributed by atoms with E-state index in [-0.39, 0.29) is 13.0 Å². The minimum atomic E-state index is -1.13. The minimum absolute atomic E-state index is 0.119. The number of nitrogens with zero attached hydrogens (tertiary/aromatic N) is 4. The number of methoxy groups -OCH3 is 1. The summed E-state index contributed by atoms with van der Waals surface area (Å²) >= 11 is 5.07. The summed E-state index contributed by atoms with van der Waals surface area (Å²) < 4.78 is 7.42. The smallest absolute Gasteiger partial charge is 0.408 e. The quantitative estimate of drug-likeness (QED) is 0.758. The van der Waals surface area contributed by atoms with Crippen molar-refractivity contribution >= 4 is 39.3 Å². The molecule has 0 saturated carbocycles. The van der Waals surface area contributed by atoms with Crippen LogP contribution in [0, 0.1) is 13.8 Å². The van der Waals surface area contributed by atoms with Gasteiger partial charge >= 0.3 is 12.1 Å². The van der Waals surface area contributed by atoms with Gasteiger partial charge in [-0.25, -0.2) is 4.79 Å². The van der Waals surface area contributed by atoms with Gasteiger partial charge < -0.3 is 9.84 Å². The fraction of sp³-hybridized carbons (Fsp3) is 0.429. The fourth-order valence-corrected chi connectivity index (χ4v) is 4.58. The van der Waals surface area contributed by atoms with Crippen LogP contribution < -0.4 is 0 Å². The predicted molar refractivity (Wildman–Crippen MR) is 89.4 cm³/mol. The number of aromatic nitrogens is 3. The molecule has 1 aliphatic rings. The molecule has 1 aliphatic heterocycles. The highest BCUT2D eigenvalue weighted by Gasteiger charge is 2.37. The molecule has 1 amide bonds. The van der Waals surface area contributed by atoms with Crippen molar-refractivity contribution in [2.75, 3.05) is 7.11 Å². The second-order valence-electron chi connectivity index (χ2n) is 5.40. The molecule has 0 fully saturated rings. The van der Waals surface area contributed by atoms with E-state index in [9.17, 15) is 14.7 Å². The van der Waals surface area contributed by atoms with Gasteiger partial charge in [0.2, 0.25) is 0 Å². The van der Waals surface area contributed by atoms with Crippen molar-refractivity contribution in [3.63, 3.8) is 0 Å². The van der Waals surface area contributed by atoms with Gasteiger partial charge in [-0.2, -0.15) is 0 Å². The number of fused-ring (bicyclic) bond motifs is 3. The van der Waals surface area contributed by atoms with Gasteiger partial charge in [-0.3, -0.25) is 14.3 Å². The summed E-state index contributed by atoms with van der Waals surface area (Å²) in [6, 6.07) is -0.761.